The average molecular weight is 286 g/mol. The maximum atomic E-state index is 5.97. The summed E-state index contributed by atoms with van der Waals surface area (Å²) in [6.07, 6.45) is 3.57. The average Bonchev–Trinajstić information content (AvgIpc) is 2.53. The van der Waals surface area contributed by atoms with Crippen LogP contribution in [0.25, 0.3) is 0 Å². The van der Waals surface area contributed by atoms with E-state index >= 15 is 0 Å². The molecule has 1 N–H and O–H groups in total. The highest BCUT2D eigenvalue weighted by molar-refractivity contribution is 5.42. The van der Waals surface area contributed by atoms with Crippen LogP contribution in [0.3, 0.4) is 0 Å². The molecule has 0 fully saturated rings. The van der Waals surface area contributed by atoms with Gasteiger partial charge in [0.2, 0.25) is 0 Å². The van der Waals surface area contributed by atoms with Gasteiger partial charge in [0.15, 0.2) is 0 Å². The second-order valence-corrected chi connectivity index (χ2v) is 4.83. The molecule has 21 heavy (non-hydrogen) atoms. The SMILES string of the molecule is CCNC(C)c1ccc(OC)cc1OCc1cccnc1. The van der Waals surface area contributed by atoms with Crippen molar-refractivity contribution in [2.75, 3.05) is 13.7 Å². The summed E-state index contributed by atoms with van der Waals surface area (Å²) in [4.78, 5) is 4.10. The van der Waals surface area contributed by atoms with E-state index < -0.39 is 0 Å². The topological polar surface area (TPSA) is 43.4 Å². The molecule has 0 spiro atoms. The van der Waals surface area contributed by atoms with Crippen LogP contribution in [0, 0.1) is 0 Å². The van der Waals surface area contributed by atoms with Gasteiger partial charge in [-0.15, -0.1) is 0 Å². The van der Waals surface area contributed by atoms with Crippen LogP contribution in [0.2, 0.25) is 0 Å². The molecule has 0 aliphatic rings. The van der Waals surface area contributed by atoms with Crippen LogP contribution in [0.15, 0.2) is 42.7 Å². The van der Waals surface area contributed by atoms with Gasteiger partial charge in [-0.2, -0.15) is 0 Å². The second-order valence-electron chi connectivity index (χ2n) is 4.83. The molecule has 2 aromatic rings. The normalized spacial score (nSPS) is 12.0. The lowest BCUT2D eigenvalue weighted by Crippen LogP contribution is -2.18. The number of hydrogen-bond donors (Lipinski definition) is 1. The molecule has 0 saturated carbocycles. The van der Waals surface area contributed by atoms with E-state index in [1.807, 2.05) is 36.5 Å². The zero-order valence-electron chi connectivity index (χ0n) is 12.8. The van der Waals surface area contributed by atoms with Crippen LogP contribution in [-0.2, 0) is 6.61 Å². The summed E-state index contributed by atoms with van der Waals surface area (Å²) in [5, 5.41) is 3.40. The van der Waals surface area contributed by atoms with E-state index in [2.05, 4.69) is 24.1 Å². The number of pyridine rings is 1. The van der Waals surface area contributed by atoms with Crippen molar-refractivity contribution in [2.45, 2.75) is 26.5 Å². The van der Waals surface area contributed by atoms with Gasteiger partial charge in [-0.05, 0) is 25.6 Å². The Labute approximate surface area is 126 Å². The number of rotatable bonds is 7. The van der Waals surface area contributed by atoms with E-state index in [1.54, 1.807) is 13.3 Å². The predicted octanol–water partition coefficient (Wildman–Crippen LogP) is 3.34. The van der Waals surface area contributed by atoms with Crippen LogP contribution in [-0.4, -0.2) is 18.6 Å². The Morgan fingerprint density at radius 1 is 1.29 bits per heavy atom. The fourth-order valence-corrected chi connectivity index (χ4v) is 2.19. The van der Waals surface area contributed by atoms with Crippen molar-refractivity contribution in [3.05, 3.63) is 53.9 Å². The quantitative estimate of drug-likeness (QED) is 0.847. The summed E-state index contributed by atoms with van der Waals surface area (Å²) in [6.45, 7) is 5.63. The smallest absolute Gasteiger partial charge is 0.128 e. The second kappa shape index (κ2) is 7.64. The molecule has 0 radical (unpaired) electrons. The van der Waals surface area contributed by atoms with Gasteiger partial charge in [-0.3, -0.25) is 4.98 Å². The molecule has 2 rings (SSSR count). The number of nitrogens with one attached hydrogen (secondary N) is 1. The zero-order chi connectivity index (χ0) is 15.1. The summed E-state index contributed by atoms with van der Waals surface area (Å²) in [5.41, 5.74) is 2.17. The van der Waals surface area contributed by atoms with Crippen molar-refractivity contribution in [1.82, 2.24) is 10.3 Å². The number of hydrogen-bond acceptors (Lipinski definition) is 4. The maximum Gasteiger partial charge on any atom is 0.128 e. The van der Waals surface area contributed by atoms with Gasteiger partial charge >= 0.3 is 0 Å². The van der Waals surface area contributed by atoms with E-state index in [1.165, 1.54) is 0 Å². The molecule has 1 unspecified atom stereocenters. The Balaban J connectivity index is 2.18. The Bertz CT molecular complexity index is 558. The van der Waals surface area contributed by atoms with Crippen LogP contribution in [0.5, 0.6) is 11.5 Å². The molecule has 4 heteroatoms. The van der Waals surface area contributed by atoms with Crippen molar-refractivity contribution < 1.29 is 9.47 Å². The molecular formula is C17H22N2O2. The monoisotopic (exact) mass is 286 g/mol. The zero-order valence-corrected chi connectivity index (χ0v) is 12.8. The van der Waals surface area contributed by atoms with Gasteiger partial charge in [0.05, 0.1) is 7.11 Å². The first-order chi connectivity index (χ1) is 10.2. The number of ether oxygens (including phenoxy) is 2. The highest BCUT2D eigenvalue weighted by atomic mass is 16.5. The first-order valence-electron chi connectivity index (χ1n) is 7.17. The number of nitrogens with zero attached hydrogens (tertiary/aromatic N) is 1. The lowest BCUT2D eigenvalue weighted by atomic mass is 10.1. The van der Waals surface area contributed by atoms with E-state index in [0.717, 1.165) is 29.2 Å². The summed E-state index contributed by atoms with van der Waals surface area (Å²) in [7, 11) is 1.66. The highest BCUT2D eigenvalue weighted by Crippen LogP contribution is 2.30. The molecule has 0 amide bonds. The third-order valence-corrected chi connectivity index (χ3v) is 3.31. The standard InChI is InChI=1S/C17H22N2O2/c1-4-19-13(2)16-8-7-15(20-3)10-17(16)21-12-14-6-5-9-18-11-14/h5-11,13,19H,4,12H2,1-3H3. The van der Waals surface area contributed by atoms with Crippen molar-refractivity contribution in [3.8, 4) is 11.5 Å². The van der Waals surface area contributed by atoms with Crippen molar-refractivity contribution in [1.29, 1.82) is 0 Å². The predicted molar refractivity (Wildman–Crippen MR) is 83.7 cm³/mol. The van der Waals surface area contributed by atoms with Crippen molar-refractivity contribution in [3.63, 3.8) is 0 Å². The maximum absolute atomic E-state index is 5.97. The molecule has 1 aromatic carbocycles. The minimum Gasteiger partial charge on any atom is -0.497 e. The van der Waals surface area contributed by atoms with Gasteiger partial charge in [0.1, 0.15) is 18.1 Å². The van der Waals surface area contributed by atoms with Gasteiger partial charge < -0.3 is 14.8 Å². The van der Waals surface area contributed by atoms with Crippen molar-refractivity contribution in [2.24, 2.45) is 0 Å². The third-order valence-electron chi connectivity index (χ3n) is 3.31. The van der Waals surface area contributed by atoms with E-state index in [4.69, 9.17) is 9.47 Å². The number of methoxy groups -OCH3 is 1. The molecule has 0 saturated heterocycles. The first kappa shape index (κ1) is 15.3. The minimum absolute atomic E-state index is 0.227. The lowest BCUT2D eigenvalue weighted by molar-refractivity contribution is 0.297. The van der Waals surface area contributed by atoms with Gasteiger partial charge in [0, 0.05) is 35.6 Å². The Morgan fingerprint density at radius 2 is 2.14 bits per heavy atom. The first-order valence-corrected chi connectivity index (χ1v) is 7.17. The number of benzene rings is 1. The largest absolute Gasteiger partial charge is 0.497 e. The Hall–Kier alpha value is -2.07. The molecule has 1 aromatic heterocycles. The van der Waals surface area contributed by atoms with Crippen LogP contribution in [0.1, 0.15) is 31.0 Å². The molecule has 0 aliphatic heterocycles. The van der Waals surface area contributed by atoms with Crippen LogP contribution in [0.4, 0.5) is 0 Å². The summed E-state index contributed by atoms with van der Waals surface area (Å²) >= 11 is 0. The molecule has 0 bridgehead atoms. The highest BCUT2D eigenvalue weighted by Gasteiger charge is 2.12. The molecule has 1 heterocycles. The third kappa shape index (κ3) is 4.20. The summed E-state index contributed by atoms with van der Waals surface area (Å²) < 4.78 is 11.3. The number of aromatic nitrogens is 1. The van der Waals surface area contributed by atoms with Crippen molar-refractivity contribution >= 4 is 0 Å². The molecule has 112 valence electrons. The van der Waals surface area contributed by atoms with Gasteiger partial charge in [-0.1, -0.05) is 19.1 Å². The minimum atomic E-state index is 0.227. The van der Waals surface area contributed by atoms with E-state index in [0.29, 0.717) is 6.61 Å². The van der Waals surface area contributed by atoms with E-state index in [-0.39, 0.29) is 6.04 Å². The molecule has 0 aliphatic carbocycles. The van der Waals surface area contributed by atoms with Crippen LogP contribution >= 0.6 is 0 Å². The van der Waals surface area contributed by atoms with Gasteiger partial charge in [0.25, 0.3) is 0 Å². The fraction of sp³-hybridized carbons (Fsp3) is 0.353. The van der Waals surface area contributed by atoms with Gasteiger partial charge in [-0.25, -0.2) is 0 Å². The lowest BCUT2D eigenvalue weighted by Gasteiger charge is -2.18. The van der Waals surface area contributed by atoms with Crippen LogP contribution < -0.4 is 14.8 Å². The van der Waals surface area contributed by atoms with E-state index in [9.17, 15) is 0 Å². The molecule has 1 atom stereocenters. The Morgan fingerprint density at radius 3 is 2.81 bits per heavy atom. The summed E-state index contributed by atoms with van der Waals surface area (Å²) in [5.74, 6) is 1.63. The molecule has 4 nitrogen and oxygen atoms in total. The fourth-order valence-electron chi connectivity index (χ4n) is 2.19. The Kier molecular flexibility index (Phi) is 5.58. The molecular weight excluding hydrogens is 264 g/mol. The summed E-state index contributed by atoms with van der Waals surface area (Å²) in [6, 6.07) is 10.1.